The molecule has 3 unspecified atom stereocenters. The van der Waals surface area contributed by atoms with Gasteiger partial charge in [-0.25, -0.2) is 4.79 Å². The molecule has 6 fully saturated rings. The van der Waals surface area contributed by atoms with Gasteiger partial charge in [-0.15, -0.1) is 11.8 Å². The Bertz CT molecular complexity index is 1200. The topological polar surface area (TPSA) is 127 Å². The number of ether oxygens (including phenoxy) is 4. The van der Waals surface area contributed by atoms with Crippen molar-refractivity contribution in [3.63, 3.8) is 0 Å². The number of hydrogen-bond acceptors (Lipinski definition) is 10. The van der Waals surface area contributed by atoms with E-state index in [2.05, 4.69) is 6.92 Å². The number of hydrogen-bond donors (Lipinski definition) is 3. The molecule has 1 spiro atoms. The number of thioether (sulfide) groups is 1. The first-order valence-corrected chi connectivity index (χ1v) is 16.7. The van der Waals surface area contributed by atoms with Crippen LogP contribution in [0, 0.1) is 34.5 Å². The molecule has 0 aromatic heterocycles. The predicted octanol–water partition coefficient (Wildman–Crippen LogP) is 2.95. The Kier molecular flexibility index (Phi) is 6.06. The van der Waals surface area contributed by atoms with E-state index in [9.17, 15) is 20.1 Å². The molecule has 0 aromatic rings. The monoisotopic (exact) mass is 589 g/mol. The standard InChI is InChI=1S/C31H43NO8S/c1-17-13-30(32-9-10-41-30)31(36)26(38-17)39-23-12-19-3-4-22-21(28(19,16-33)14-24(23)40-31)5-7-27(2)20(6-8-29(22,27)35)18-11-25(34)37-15-18/h9,11,17,19-24,26,33,35-36H,3-8,10,12-16H2,1-2H3/t17-,19+,20-,21?,22-,23-,24-,26+,27-,28-,29+,30?,31?/m1/s1. The second-order valence-corrected chi connectivity index (χ2v) is 15.8. The van der Waals surface area contributed by atoms with Crippen molar-refractivity contribution in [2.45, 2.75) is 112 Å². The van der Waals surface area contributed by atoms with Crippen LogP contribution in [-0.4, -0.2) is 87.3 Å². The molecule has 4 aliphatic heterocycles. The van der Waals surface area contributed by atoms with E-state index in [0.29, 0.717) is 31.6 Å². The Labute approximate surface area is 245 Å². The van der Waals surface area contributed by atoms with Gasteiger partial charge in [-0.2, -0.15) is 0 Å². The Balaban J connectivity index is 1.10. The van der Waals surface area contributed by atoms with Crippen molar-refractivity contribution >= 4 is 23.9 Å². The van der Waals surface area contributed by atoms with Gasteiger partial charge in [0.15, 0.2) is 4.87 Å². The van der Waals surface area contributed by atoms with Crippen LogP contribution in [-0.2, 0) is 23.7 Å². The van der Waals surface area contributed by atoms with E-state index in [1.807, 2.05) is 13.1 Å². The molecule has 13 atom stereocenters. The Morgan fingerprint density at radius 2 is 1.93 bits per heavy atom. The van der Waals surface area contributed by atoms with Gasteiger partial charge in [-0.05, 0) is 87.5 Å². The highest BCUT2D eigenvalue weighted by Gasteiger charge is 2.72. The molecule has 4 saturated carbocycles. The van der Waals surface area contributed by atoms with Gasteiger partial charge in [0, 0.05) is 41.9 Å². The fraction of sp³-hybridized carbons (Fsp3) is 0.871. The van der Waals surface area contributed by atoms with E-state index in [0.717, 1.165) is 44.1 Å². The summed E-state index contributed by atoms with van der Waals surface area (Å²) < 4.78 is 24.6. The number of fused-ring (bicyclic) bond motifs is 8. The van der Waals surface area contributed by atoms with E-state index in [1.54, 1.807) is 17.8 Å². The van der Waals surface area contributed by atoms with E-state index in [1.165, 1.54) is 0 Å². The summed E-state index contributed by atoms with van der Waals surface area (Å²) in [5.41, 5.74) is -0.586. The van der Waals surface area contributed by atoms with Gasteiger partial charge in [0.1, 0.15) is 6.61 Å². The van der Waals surface area contributed by atoms with Crippen LogP contribution in [0.1, 0.15) is 71.6 Å². The molecule has 0 aromatic carbocycles. The lowest BCUT2D eigenvalue weighted by atomic mass is 9.42. The summed E-state index contributed by atoms with van der Waals surface area (Å²) >= 11 is 1.59. The fourth-order valence-electron chi connectivity index (χ4n) is 11.2. The third-order valence-electron chi connectivity index (χ3n) is 13.1. The zero-order valence-electron chi connectivity index (χ0n) is 24.0. The predicted molar refractivity (Wildman–Crippen MR) is 150 cm³/mol. The normalized spacial score (nSPS) is 57.3. The molecular formula is C31H43NO8S. The molecule has 9 nitrogen and oxygen atoms in total. The molecule has 8 rings (SSSR count). The van der Waals surface area contributed by atoms with Crippen molar-refractivity contribution in [3.05, 3.63) is 11.6 Å². The summed E-state index contributed by atoms with van der Waals surface area (Å²) in [5.74, 6) is -0.685. The van der Waals surface area contributed by atoms with Gasteiger partial charge >= 0.3 is 5.97 Å². The van der Waals surface area contributed by atoms with Crippen molar-refractivity contribution in [2.75, 3.05) is 19.0 Å². The minimum Gasteiger partial charge on any atom is -0.458 e. The highest BCUT2D eigenvalue weighted by molar-refractivity contribution is 8.01. The molecular weight excluding hydrogens is 546 g/mol. The SMILES string of the molecule is C[C@@H]1CC2(N=CCS2)C2(O)O[C@@H]3C[C@]4(CO)C5CC[C@]6(C)[C@@H](C7=CC(=O)OC7)CC[C@]6(O)[C@@H]5CC[C@H]4C[C@H]3O[C@@H]2O1. The second kappa shape index (κ2) is 9.02. The van der Waals surface area contributed by atoms with Crippen LogP contribution in [0.3, 0.4) is 0 Å². The highest BCUT2D eigenvalue weighted by atomic mass is 32.2. The molecule has 10 heteroatoms. The van der Waals surface area contributed by atoms with Crippen LogP contribution in [0.25, 0.3) is 0 Å². The minimum absolute atomic E-state index is 0.0303. The number of carbonyl (C=O) groups excluding carboxylic acids is 1. The molecule has 0 amide bonds. The summed E-state index contributed by atoms with van der Waals surface area (Å²) in [6.45, 7) is 4.58. The summed E-state index contributed by atoms with van der Waals surface area (Å²) in [6, 6.07) is 0. The number of aliphatic imine (C=N–C) groups is 1. The maximum atomic E-state index is 12.6. The molecule has 0 bridgehead atoms. The molecule has 226 valence electrons. The van der Waals surface area contributed by atoms with Crippen LogP contribution < -0.4 is 0 Å². The Hall–Kier alpha value is -1.01. The summed E-state index contributed by atoms with van der Waals surface area (Å²) in [7, 11) is 0. The van der Waals surface area contributed by atoms with Crippen molar-refractivity contribution in [1.82, 2.24) is 0 Å². The molecule has 3 N–H and O–H groups in total. The van der Waals surface area contributed by atoms with Gasteiger partial charge in [-0.1, -0.05) is 6.92 Å². The average molecular weight is 590 g/mol. The number of aliphatic hydroxyl groups excluding tert-OH is 1. The van der Waals surface area contributed by atoms with Gasteiger partial charge in [0.2, 0.25) is 6.29 Å². The van der Waals surface area contributed by atoms with Crippen molar-refractivity contribution in [1.29, 1.82) is 0 Å². The quantitative estimate of drug-likeness (QED) is 0.329. The zero-order chi connectivity index (χ0) is 28.4. The third-order valence-corrected chi connectivity index (χ3v) is 14.4. The number of carbonyl (C=O) groups is 1. The maximum Gasteiger partial charge on any atom is 0.331 e. The molecule has 4 aliphatic carbocycles. The van der Waals surface area contributed by atoms with Crippen LogP contribution in [0.4, 0.5) is 0 Å². The molecule has 41 heavy (non-hydrogen) atoms. The van der Waals surface area contributed by atoms with E-state index in [-0.39, 0.29) is 53.9 Å². The number of rotatable bonds is 2. The van der Waals surface area contributed by atoms with Gasteiger partial charge < -0.3 is 34.3 Å². The first-order valence-electron chi connectivity index (χ1n) is 15.7. The summed E-state index contributed by atoms with van der Waals surface area (Å²) in [4.78, 5) is 15.8. The third kappa shape index (κ3) is 3.47. The first-order chi connectivity index (χ1) is 19.6. The maximum absolute atomic E-state index is 12.6. The van der Waals surface area contributed by atoms with E-state index >= 15 is 0 Å². The largest absolute Gasteiger partial charge is 0.458 e. The van der Waals surface area contributed by atoms with E-state index < -0.39 is 34.1 Å². The molecule has 0 radical (unpaired) electrons. The number of cyclic esters (lactones) is 1. The van der Waals surface area contributed by atoms with Gasteiger partial charge in [0.05, 0.1) is 23.9 Å². The van der Waals surface area contributed by atoms with Crippen LogP contribution in [0.2, 0.25) is 0 Å². The first kappa shape index (κ1) is 27.5. The smallest absolute Gasteiger partial charge is 0.331 e. The average Bonchev–Trinajstić information content (AvgIpc) is 3.65. The van der Waals surface area contributed by atoms with Crippen LogP contribution >= 0.6 is 11.8 Å². The Morgan fingerprint density at radius 3 is 2.66 bits per heavy atom. The summed E-state index contributed by atoms with van der Waals surface area (Å²) in [5, 5.41) is 35.9. The number of esters is 1. The van der Waals surface area contributed by atoms with Crippen molar-refractivity contribution in [2.24, 2.45) is 39.5 Å². The second-order valence-electron chi connectivity index (χ2n) is 14.5. The van der Waals surface area contributed by atoms with Gasteiger partial charge in [-0.3, -0.25) is 4.99 Å². The van der Waals surface area contributed by atoms with Crippen molar-refractivity contribution < 1.29 is 39.1 Å². The van der Waals surface area contributed by atoms with E-state index in [4.69, 9.17) is 23.9 Å². The highest BCUT2D eigenvalue weighted by Crippen LogP contribution is 2.70. The fourth-order valence-corrected chi connectivity index (χ4v) is 12.4. The molecule has 4 heterocycles. The number of aliphatic hydroxyl groups is 3. The summed E-state index contributed by atoms with van der Waals surface area (Å²) in [6.07, 6.45) is 8.86. The van der Waals surface area contributed by atoms with Gasteiger partial charge in [0.25, 0.3) is 5.79 Å². The number of nitrogens with zero attached hydrogens (tertiary/aromatic N) is 1. The van der Waals surface area contributed by atoms with Crippen LogP contribution in [0.5, 0.6) is 0 Å². The van der Waals surface area contributed by atoms with Crippen molar-refractivity contribution in [3.8, 4) is 0 Å². The lowest BCUT2D eigenvalue weighted by Gasteiger charge is -2.66. The minimum atomic E-state index is -1.70. The molecule has 2 saturated heterocycles. The van der Waals surface area contributed by atoms with Crippen LogP contribution in [0.15, 0.2) is 16.6 Å². The zero-order valence-corrected chi connectivity index (χ0v) is 24.8. The Morgan fingerprint density at radius 1 is 1.07 bits per heavy atom. The lowest BCUT2D eigenvalue weighted by Crippen LogP contribution is -2.73. The molecule has 8 aliphatic rings. The lowest BCUT2D eigenvalue weighted by molar-refractivity contribution is -0.447.